The lowest BCUT2D eigenvalue weighted by molar-refractivity contribution is -0.143. The summed E-state index contributed by atoms with van der Waals surface area (Å²) in [5.74, 6) is -0.374. The molecule has 27 heavy (non-hydrogen) atoms. The summed E-state index contributed by atoms with van der Waals surface area (Å²) < 4.78 is 4.94. The molecule has 0 aliphatic rings. The molecular formula is C20H23N3O4. The molecule has 4 N–H and O–H groups in total. The van der Waals surface area contributed by atoms with Crippen LogP contribution in [0.2, 0.25) is 0 Å². The van der Waals surface area contributed by atoms with E-state index in [0.717, 1.165) is 16.5 Å². The van der Waals surface area contributed by atoms with Crippen LogP contribution >= 0.6 is 0 Å². The number of pyridine rings is 1. The fourth-order valence-corrected chi connectivity index (χ4v) is 3.14. The Labute approximate surface area is 157 Å². The standard InChI is InChI=1S/C20H23N3O4/c1-12-19(25)16(14(11-24)9-21-12)10-23-18(20(26)27-2)7-13-8-22-17-6-4-3-5-15(13)17/h3-6,8-9,18,22-25H,7,10-11H2,1-2H3/t18-/m0/s1. The third-order valence-corrected chi connectivity index (χ3v) is 4.71. The van der Waals surface area contributed by atoms with E-state index in [1.165, 1.54) is 13.3 Å². The normalized spacial score (nSPS) is 12.3. The first-order valence-electron chi connectivity index (χ1n) is 8.68. The Balaban J connectivity index is 1.83. The van der Waals surface area contributed by atoms with Gasteiger partial charge in [0.05, 0.1) is 19.4 Å². The largest absolute Gasteiger partial charge is 0.506 e. The second-order valence-electron chi connectivity index (χ2n) is 6.37. The van der Waals surface area contributed by atoms with E-state index in [4.69, 9.17) is 4.74 Å². The third kappa shape index (κ3) is 3.94. The molecule has 0 aliphatic carbocycles. The molecule has 0 saturated carbocycles. The Morgan fingerprint density at radius 1 is 1.33 bits per heavy atom. The topological polar surface area (TPSA) is 107 Å². The minimum Gasteiger partial charge on any atom is -0.506 e. The monoisotopic (exact) mass is 369 g/mol. The number of methoxy groups -OCH3 is 1. The van der Waals surface area contributed by atoms with Crippen molar-refractivity contribution in [2.45, 2.75) is 32.5 Å². The smallest absolute Gasteiger partial charge is 0.323 e. The maximum atomic E-state index is 12.3. The van der Waals surface area contributed by atoms with Gasteiger partial charge in [-0.15, -0.1) is 0 Å². The number of aryl methyl sites for hydroxylation is 1. The number of fused-ring (bicyclic) bond motifs is 1. The number of hydrogen-bond donors (Lipinski definition) is 4. The van der Waals surface area contributed by atoms with E-state index in [1.54, 1.807) is 6.92 Å². The number of esters is 1. The lowest BCUT2D eigenvalue weighted by Gasteiger charge is -2.18. The van der Waals surface area contributed by atoms with E-state index in [2.05, 4.69) is 15.3 Å². The Bertz CT molecular complexity index is 952. The van der Waals surface area contributed by atoms with Crippen molar-refractivity contribution in [1.82, 2.24) is 15.3 Å². The molecule has 1 aromatic carbocycles. The molecule has 7 heteroatoms. The molecule has 0 aliphatic heterocycles. The summed E-state index contributed by atoms with van der Waals surface area (Å²) in [6.07, 6.45) is 3.84. The van der Waals surface area contributed by atoms with Crippen LogP contribution in [0, 0.1) is 6.92 Å². The zero-order chi connectivity index (χ0) is 19.4. The number of H-pyrrole nitrogens is 1. The third-order valence-electron chi connectivity index (χ3n) is 4.71. The highest BCUT2D eigenvalue weighted by molar-refractivity contribution is 5.84. The van der Waals surface area contributed by atoms with Gasteiger partial charge in [-0.2, -0.15) is 0 Å². The highest BCUT2D eigenvalue weighted by Gasteiger charge is 2.22. The molecule has 0 saturated heterocycles. The first kappa shape index (κ1) is 18.9. The molecule has 142 valence electrons. The first-order valence-corrected chi connectivity index (χ1v) is 8.68. The molecule has 1 atom stereocenters. The van der Waals surface area contributed by atoms with Gasteiger partial charge in [-0.05, 0) is 18.6 Å². The van der Waals surface area contributed by atoms with Gasteiger partial charge in [0.2, 0.25) is 0 Å². The van der Waals surface area contributed by atoms with Crippen LogP contribution in [0.25, 0.3) is 10.9 Å². The maximum absolute atomic E-state index is 12.3. The number of aliphatic hydroxyl groups is 1. The summed E-state index contributed by atoms with van der Waals surface area (Å²) in [6, 6.07) is 7.27. The number of para-hydroxylation sites is 1. The maximum Gasteiger partial charge on any atom is 0.323 e. The van der Waals surface area contributed by atoms with Crippen molar-refractivity contribution < 1.29 is 19.7 Å². The van der Waals surface area contributed by atoms with E-state index >= 15 is 0 Å². The van der Waals surface area contributed by atoms with Gasteiger partial charge in [0, 0.05) is 47.4 Å². The van der Waals surface area contributed by atoms with Crippen molar-refractivity contribution >= 4 is 16.9 Å². The number of aromatic nitrogens is 2. The summed E-state index contributed by atoms with van der Waals surface area (Å²) in [6.45, 7) is 1.64. The number of aromatic hydroxyl groups is 1. The van der Waals surface area contributed by atoms with Crippen molar-refractivity contribution in [1.29, 1.82) is 0 Å². The van der Waals surface area contributed by atoms with E-state index in [9.17, 15) is 15.0 Å². The average molecular weight is 369 g/mol. The second kappa shape index (κ2) is 8.20. The van der Waals surface area contributed by atoms with Crippen LogP contribution in [-0.4, -0.2) is 39.3 Å². The predicted molar refractivity (Wildman–Crippen MR) is 101 cm³/mol. The van der Waals surface area contributed by atoms with E-state index < -0.39 is 12.0 Å². The Morgan fingerprint density at radius 2 is 2.11 bits per heavy atom. The molecule has 0 fully saturated rings. The van der Waals surface area contributed by atoms with Crippen LogP contribution in [0.1, 0.15) is 22.4 Å². The zero-order valence-electron chi connectivity index (χ0n) is 15.3. The van der Waals surface area contributed by atoms with Crippen LogP contribution in [0.5, 0.6) is 5.75 Å². The summed E-state index contributed by atoms with van der Waals surface area (Å²) in [5.41, 5.74) is 3.50. The fourth-order valence-electron chi connectivity index (χ4n) is 3.14. The average Bonchev–Trinajstić information content (AvgIpc) is 3.10. The number of nitrogens with zero attached hydrogens (tertiary/aromatic N) is 1. The van der Waals surface area contributed by atoms with Crippen LogP contribution in [0.4, 0.5) is 0 Å². The van der Waals surface area contributed by atoms with Crippen LogP contribution < -0.4 is 5.32 Å². The van der Waals surface area contributed by atoms with Gasteiger partial charge in [-0.1, -0.05) is 18.2 Å². The van der Waals surface area contributed by atoms with Gasteiger partial charge in [-0.3, -0.25) is 15.1 Å². The number of rotatable bonds is 7. The highest BCUT2D eigenvalue weighted by Crippen LogP contribution is 2.24. The van der Waals surface area contributed by atoms with Crippen LogP contribution in [-0.2, 0) is 29.1 Å². The Hall–Kier alpha value is -2.90. The minimum atomic E-state index is -0.603. The number of carbonyl (C=O) groups is 1. The minimum absolute atomic E-state index is 0.0183. The summed E-state index contributed by atoms with van der Waals surface area (Å²) in [4.78, 5) is 19.5. The molecule has 2 heterocycles. The quantitative estimate of drug-likeness (QED) is 0.474. The molecule has 0 radical (unpaired) electrons. The number of nitrogens with one attached hydrogen (secondary N) is 2. The summed E-state index contributed by atoms with van der Waals surface area (Å²) in [5, 5.41) is 24.0. The molecule has 0 bridgehead atoms. The Morgan fingerprint density at radius 3 is 2.85 bits per heavy atom. The van der Waals surface area contributed by atoms with E-state index in [1.807, 2.05) is 30.5 Å². The van der Waals surface area contributed by atoms with Crippen LogP contribution in [0.15, 0.2) is 36.7 Å². The number of hydrogen-bond acceptors (Lipinski definition) is 6. The van der Waals surface area contributed by atoms with Crippen molar-refractivity contribution in [2.24, 2.45) is 0 Å². The van der Waals surface area contributed by atoms with E-state index in [-0.39, 0.29) is 18.9 Å². The molecule has 0 spiro atoms. The predicted octanol–water partition coefficient (Wildman–Crippen LogP) is 1.94. The van der Waals surface area contributed by atoms with Crippen molar-refractivity contribution in [2.75, 3.05) is 7.11 Å². The Kier molecular flexibility index (Phi) is 5.73. The molecule has 2 aromatic heterocycles. The molecule has 0 amide bonds. The SMILES string of the molecule is COC(=O)[C@H](Cc1c[nH]c2ccccc12)NCc1c(CO)cnc(C)c1O. The van der Waals surface area contributed by atoms with Crippen molar-refractivity contribution in [3.63, 3.8) is 0 Å². The number of aliphatic hydroxyl groups excluding tert-OH is 1. The second-order valence-corrected chi connectivity index (χ2v) is 6.37. The van der Waals surface area contributed by atoms with Gasteiger partial charge in [-0.25, -0.2) is 0 Å². The summed E-state index contributed by atoms with van der Waals surface area (Å²) >= 11 is 0. The van der Waals surface area contributed by atoms with Gasteiger partial charge < -0.3 is 19.9 Å². The zero-order valence-corrected chi connectivity index (χ0v) is 15.3. The van der Waals surface area contributed by atoms with Gasteiger partial charge in [0.25, 0.3) is 0 Å². The summed E-state index contributed by atoms with van der Waals surface area (Å²) in [7, 11) is 1.35. The molecule has 3 rings (SSSR count). The highest BCUT2D eigenvalue weighted by atomic mass is 16.5. The van der Waals surface area contributed by atoms with Gasteiger partial charge in [0.15, 0.2) is 0 Å². The fraction of sp³-hybridized carbons (Fsp3) is 0.300. The first-order chi connectivity index (χ1) is 13.0. The van der Waals surface area contributed by atoms with Crippen LogP contribution in [0.3, 0.4) is 0 Å². The van der Waals surface area contributed by atoms with Gasteiger partial charge in [0.1, 0.15) is 11.8 Å². The number of carbonyl (C=O) groups excluding carboxylic acids is 1. The molecule has 7 nitrogen and oxygen atoms in total. The number of aromatic amines is 1. The van der Waals surface area contributed by atoms with Crippen molar-refractivity contribution in [3.05, 3.63) is 59.0 Å². The number of ether oxygens (including phenoxy) is 1. The molecule has 3 aromatic rings. The lowest BCUT2D eigenvalue weighted by Crippen LogP contribution is -2.39. The van der Waals surface area contributed by atoms with Crippen molar-refractivity contribution in [3.8, 4) is 5.75 Å². The molecule has 0 unspecified atom stereocenters. The molecular weight excluding hydrogens is 346 g/mol. The van der Waals surface area contributed by atoms with E-state index in [0.29, 0.717) is 23.2 Å². The number of benzene rings is 1. The lowest BCUT2D eigenvalue weighted by atomic mass is 10.0. The van der Waals surface area contributed by atoms with Gasteiger partial charge >= 0.3 is 5.97 Å².